The number of hydrogen-bond acceptors (Lipinski definition) is 3. The first-order valence-corrected chi connectivity index (χ1v) is 6.32. The number of carbonyl (C=O) groups excluding carboxylic acids is 1. The fraction of sp³-hybridized carbons (Fsp3) is 0.917. The van der Waals surface area contributed by atoms with Crippen molar-refractivity contribution in [3.8, 4) is 0 Å². The predicted octanol–water partition coefficient (Wildman–Crippen LogP) is 0.623. The second-order valence-electron chi connectivity index (χ2n) is 4.97. The van der Waals surface area contributed by atoms with E-state index in [4.69, 9.17) is 4.74 Å². The average molecular weight is 226 g/mol. The lowest BCUT2D eigenvalue weighted by Gasteiger charge is -2.31. The molecule has 4 nitrogen and oxygen atoms in total. The third-order valence-corrected chi connectivity index (χ3v) is 3.66. The molecule has 0 radical (unpaired) electrons. The molecule has 2 rings (SSSR count). The van der Waals surface area contributed by atoms with Gasteiger partial charge in [0, 0.05) is 25.2 Å². The molecule has 2 aliphatic heterocycles. The summed E-state index contributed by atoms with van der Waals surface area (Å²) in [5.74, 6) is 0.436. The molecule has 2 saturated heterocycles. The Balaban J connectivity index is 1.73. The zero-order valence-electron chi connectivity index (χ0n) is 10.1. The number of amides is 1. The van der Waals surface area contributed by atoms with Gasteiger partial charge in [0.1, 0.15) is 0 Å². The van der Waals surface area contributed by atoms with Gasteiger partial charge in [-0.25, -0.2) is 0 Å². The summed E-state index contributed by atoms with van der Waals surface area (Å²) in [6.45, 7) is 3.68. The summed E-state index contributed by atoms with van der Waals surface area (Å²) in [6.07, 6.45) is 3.95. The maximum absolute atomic E-state index is 12.0. The minimum Gasteiger partial charge on any atom is -0.381 e. The van der Waals surface area contributed by atoms with Crippen LogP contribution in [0.1, 0.15) is 25.7 Å². The van der Waals surface area contributed by atoms with Crippen LogP contribution in [0, 0.1) is 5.92 Å². The number of piperidine rings is 1. The molecule has 0 atom stereocenters. The van der Waals surface area contributed by atoms with Crippen molar-refractivity contribution in [3.63, 3.8) is 0 Å². The van der Waals surface area contributed by atoms with Crippen molar-refractivity contribution in [3.05, 3.63) is 0 Å². The first-order chi connectivity index (χ1) is 7.75. The van der Waals surface area contributed by atoms with Crippen LogP contribution in [0.5, 0.6) is 0 Å². The van der Waals surface area contributed by atoms with Crippen molar-refractivity contribution in [2.24, 2.45) is 5.92 Å². The Hall–Kier alpha value is -0.610. The molecule has 2 fully saturated rings. The van der Waals surface area contributed by atoms with Gasteiger partial charge in [-0.05, 0) is 45.8 Å². The zero-order chi connectivity index (χ0) is 11.4. The molecule has 0 aromatic carbocycles. The van der Waals surface area contributed by atoms with Gasteiger partial charge in [0.15, 0.2) is 0 Å². The first-order valence-electron chi connectivity index (χ1n) is 6.32. The topological polar surface area (TPSA) is 41.6 Å². The van der Waals surface area contributed by atoms with E-state index in [1.165, 1.54) is 0 Å². The second-order valence-corrected chi connectivity index (χ2v) is 4.97. The molecule has 0 saturated carbocycles. The van der Waals surface area contributed by atoms with Crippen molar-refractivity contribution in [2.45, 2.75) is 31.7 Å². The molecule has 0 aromatic rings. The molecule has 16 heavy (non-hydrogen) atoms. The van der Waals surface area contributed by atoms with Gasteiger partial charge >= 0.3 is 0 Å². The van der Waals surface area contributed by atoms with Gasteiger partial charge in [-0.3, -0.25) is 4.79 Å². The number of hydrogen-bond donors (Lipinski definition) is 1. The third kappa shape index (κ3) is 3.19. The number of nitrogens with zero attached hydrogens (tertiary/aromatic N) is 1. The van der Waals surface area contributed by atoms with Crippen LogP contribution in [0.4, 0.5) is 0 Å². The molecule has 1 N–H and O–H groups in total. The molecule has 0 spiro atoms. The molecular formula is C12H22N2O2. The van der Waals surface area contributed by atoms with E-state index in [1.54, 1.807) is 0 Å². The van der Waals surface area contributed by atoms with Crippen LogP contribution >= 0.6 is 0 Å². The van der Waals surface area contributed by atoms with E-state index in [-0.39, 0.29) is 11.8 Å². The molecule has 0 bridgehead atoms. The number of nitrogens with one attached hydrogen (secondary N) is 1. The Morgan fingerprint density at radius 2 is 1.81 bits per heavy atom. The van der Waals surface area contributed by atoms with Crippen molar-refractivity contribution in [2.75, 3.05) is 33.4 Å². The molecule has 2 heterocycles. The standard InChI is InChI=1S/C12H22N2O2/c1-14-6-2-11(3-7-14)13-12(15)10-4-8-16-9-5-10/h10-11H,2-9H2,1H3,(H,13,15). The van der Waals surface area contributed by atoms with Crippen molar-refractivity contribution < 1.29 is 9.53 Å². The van der Waals surface area contributed by atoms with Crippen LogP contribution in [0.25, 0.3) is 0 Å². The highest BCUT2D eigenvalue weighted by molar-refractivity contribution is 5.79. The number of carbonyl (C=O) groups is 1. The average Bonchev–Trinajstić information content (AvgIpc) is 2.33. The van der Waals surface area contributed by atoms with E-state index in [0.29, 0.717) is 6.04 Å². The molecule has 1 amide bonds. The van der Waals surface area contributed by atoms with Gasteiger partial charge < -0.3 is 15.0 Å². The van der Waals surface area contributed by atoms with Crippen molar-refractivity contribution >= 4 is 5.91 Å². The quantitative estimate of drug-likeness (QED) is 0.750. The van der Waals surface area contributed by atoms with Gasteiger partial charge in [0.2, 0.25) is 5.91 Å². The van der Waals surface area contributed by atoms with Crippen LogP contribution in [0.3, 0.4) is 0 Å². The number of ether oxygens (including phenoxy) is 1. The molecule has 0 aliphatic carbocycles. The van der Waals surface area contributed by atoms with Crippen molar-refractivity contribution in [1.82, 2.24) is 10.2 Å². The Labute approximate surface area is 97.3 Å². The van der Waals surface area contributed by atoms with Crippen LogP contribution in [-0.2, 0) is 9.53 Å². The van der Waals surface area contributed by atoms with E-state index >= 15 is 0 Å². The molecule has 0 unspecified atom stereocenters. The summed E-state index contributed by atoms with van der Waals surface area (Å²) in [5, 5.41) is 3.19. The largest absolute Gasteiger partial charge is 0.381 e. The maximum atomic E-state index is 12.0. The van der Waals surface area contributed by atoms with E-state index in [1.807, 2.05) is 0 Å². The highest BCUT2D eigenvalue weighted by Crippen LogP contribution is 2.16. The highest BCUT2D eigenvalue weighted by Gasteiger charge is 2.25. The highest BCUT2D eigenvalue weighted by atomic mass is 16.5. The molecule has 92 valence electrons. The van der Waals surface area contributed by atoms with Crippen LogP contribution in [-0.4, -0.2) is 50.2 Å². The second kappa shape index (κ2) is 5.64. The fourth-order valence-corrected chi connectivity index (χ4v) is 2.43. The normalized spacial score (nSPS) is 25.6. The van der Waals surface area contributed by atoms with Gasteiger partial charge in [-0.1, -0.05) is 0 Å². The smallest absolute Gasteiger partial charge is 0.223 e. The first kappa shape index (κ1) is 11.9. The SMILES string of the molecule is CN1CCC(NC(=O)C2CCOCC2)CC1. The minimum absolute atomic E-state index is 0.188. The van der Waals surface area contributed by atoms with E-state index in [0.717, 1.165) is 52.0 Å². The van der Waals surface area contributed by atoms with E-state index in [9.17, 15) is 4.79 Å². The van der Waals surface area contributed by atoms with Crippen LogP contribution in [0.15, 0.2) is 0 Å². The minimum atomic E-state index is 0.188. The monoisotopic (exact) mass is 226 g/mol. The Morgan fingerprint density at radius 3 is 2.44 bits per heavy atom. The van der Waals surface area contributed by atoms with Gasteiger partial charge in [0.25, 0.3) is 0 Å². The summed E-state index contributed by atoms with van der Waals surface area (Å²) in [4.78, 5) is 14.3. The Morgan fingerprint density at radius 1 is 1.19 bits per heavy atom. The molecule has 2 aliphatic rings. The summed E-state index contributed by atoms with van der Waals surface area (Å²) in [5.41, 5.74) is 0. The summed E-state index contributed by atoms with van der Waals surface area (Å²) in [6, 6.07) is 0.395. The zero-order valence-corrected chi connectivity index (χ0v) is 10.1. The summed E-state index contributed by atoms with van der Waals surface area (Å²) in [7, 11) is 2.14. The summed E-state index contributed by atoms with van der Waals surface area (Å²) < 4.78 is 5.27. The predicted molar refractivity (Wildman–Crippen MR) is 62.2 cm³/mol. The van der Waals surface area contributed by atoms with Gasteiger partial charge in [-0.2, -0.15) is 0 Å². The Kier molecular flexibility index (Phi) is 4.18. The molecular weight excluding hydrogens is 204 g/mol. The third-order valence-electron chi connectivity index (χ3n) is 3.66. The lowest BCUT2D eigenvalue weighted by molar-refractivity contribution is -0.128. The lowest BCUT2D eigenvalue weighted by atomic mass is 9.97. The number of rotatable bonds is 2. The fourth-order valence-electron chi connectivity index (χ4n) is 2.43. The van der Waals surface area contributed by atoms with Gasteiger partial charge in [0.05, 0.1) is 0 Å². The van der Waals surface area contributed by atoms with Crippen LogP contribution < -0.4 is 5.32 Å². The van der Waals surface area contributed by atoms with Crippen molar-refractivity contribution in [1.29, 1.82) is 0 Å². The molecule has 4 heteroatoms. The molecule has 0 aromatic heterocycles. The summed E-state index contributed by atoms with van der Waals surface area (Å²) >= 11 is 0. The number of likely N-dealkylation sites (tertiary alicyclic amines) is 1. The maximum Gasteiger partial charge on any atom is 0.223 e. The van der Waals surface area contributed by atoms with Gasteiger partial charge in [-0.15, -0.1) is 0 Å². The van der Waals surface area contributed by atoms with E-state index < -0.39 is 0 Å². The lowest BCUT2D eigenvalue weighted by Crippen LogP contribution is -2.46. The van der Waals surface area contributed by atoms with Crippen LogP contribution in [0.2, 0.25) is 0 Å². The van der Waals surface area contributed by atoms with E-state index in [2.05, 4.69) is 17.3 Å². The Bertz CT molecular complexity index is 231.